The lowest BCUT2D eigenvalue weighted by Crippen LogP contribution is -2.33. The second-order valence-corrected chi connectivity index (χ2v) is 9.85. The molecule has 0 bridgehead atoms. The van der Waals surface area contributed by atoms with Gasteiger partial charge in [0.1, 0.15) is 4.21 Å². The number of hydrogen-bond acceptors (Lipinski definition) is 6. The van der Waals surface area contributed by atoms with Gasteiger partial charge in [-0.25, -0.2) is 13.1 Å². The number of nitrogens with two attached hydrogens (primary N) is 1. The molecule has 0 saturated carbocycles. The number of nitrogens with one attached hydrogen (secondary N) is 1. The Labute approximate surface area is 206 Å². The van der Waals surface area contributed by atoms with Crippen LogP contribution in [0.4, 0.5) is 0 Å². The third kappa shape index (κ3) is 8.82. The maximum absolute atomic E-state index is 12.5. The minimum Gasteiger partial charge on any atom is -0.325 e. The number of aromatic nitrogens is 1. The molecule has 11 heteroatoms. The van der Waals surface area contributed by atoms with Crippen LogP contribution in [-0.2, 0) is 23.0 Å². The normalized spacial score (nSPS) is 10.9. The average molecular weight is 528 g/mol. The Morgan fingerprint density at radius 3 is 2.48 bits per heavy atom. The lowest BCUT2D eigenvalue weighted by Gasteiger charge is -2.16. The first-order valence-corrected chi connectivity index (χ1v) is 11.6. The van der Waals surface area contributed by atoms with Crippen LogP contribution in [0.2, 0.25) is 0 Å². The van der Waals surface area contributed by atoms with Crippen LogP contribution in [-0.4, -0.2) is 45.0 Å². The zero-order valence-corrected chi connectivity index (χ0v) is 21.3. The van der Waals surface area contributed by atoms with Gasteiger partial charge in [0.15, 0.2) is 0 Å². The van der Waals surface area contributed by atoms with Gasteiger partial charge in [0.05, 0.1) is 5.69 Å². The smallest absolute Gasteiger partial charge is 0.250 e. The van der Waals surface area contributed by atoms with Crippen LogP contribution in [0.1, 0.15) is 17.7 Å². The van der Waals surface area contributed by atoms with E-state index in [0.717, 1.165) is 35.2 Å². The van der Waals surface area contributed by atoms with E-state index in [9.17, 15) is 8.42 Å². The first-order chi connectivity index (χ1) is 13.5. The highest BCUT2D eigenvalue weighted by molar-refractivity contribution is 7.91. The summed E-state index contributed by atoms with van der Waals surface area (Å²) in [5, 5.41) is 0.957. The van der Waals surface area contributed by atoms with Crippen molar-refractivity contribution in [3.63, 3.8) is 0 Å². The van der Waals surface area contributed by atoms with Gasteiger partial charge in [-0.3, -0.25) is 4.98 Å². The standard InChI is InChI=1S/C20H26N4O2S2.3ClH/c1-24(11-4-5-16-8-9-18(14-21)22-15-16)12-10-23-28(25,26)20-13-17-6-2-3-7-19(17)27-20;;;/h2-3,6-9,13,15,23H,4-5,10-12,14,21H2,1H3;3*1H. The maximum atomic E-state index is 12.5. The van der Waals surface area contributed by atoms with E-state index in [4.69, 9.17) is 5.73 Å². The number of thiophene rings is 1. The highest BCUT2D eigenvalue weighted by atomic mass is 35.5. The van der Waals surface area contributed by atoms with Crippen molar-refractivity contribution in [3.8, 4) is 0 Å². The third-order valence-electron chi connectivity index (χ3n) is 4.55. The quantitative estimate of drug-likeness (QED) is 0.418. The van der Waals surface area contributed by atoms with Crippen LogP contribution in [0.25, 0.3) is 10.1 Å². The highest BCUT2D eigenvalue weighted by Gasteiger charge is 2.17. The number of pyridine rings is 1. The van der Waals surface area contributed by atoms with E-state index in [1.807, 2.05) is 43.6 Å². The van der Waals surface area contributed by atoms with Gasteiger partial charge in [-0.2, -0.15) is 0 Å². The predicted molar refractivity (Wildman–Crippen MR) is 137 cm³/mol. The molecular formula is C20H29Cl3N4O2S2. The van der Waals surface area contributed by atoms with E-state index in [-0.39, 0.29) is 37.2 Å². The summed E-state index contributed by atoms with van der Waals surface area (Å²) in [6, 6.07) is 13.5. The highest BCUT2D eigenvalue weighted by Crippen LogP contribution is 2.28. The summed E-state index contributed by atoms with van der Waals surface area (Å²) in [5.74, 6) is 0. The molecule has 0 amide bonds. The zero-order chi connectivity index (χ0) is 20.0. The zero-order valence-electron chi connectivity index (χ0n) is 17.2. The summed E-state index contributed by atoms with van der Waals surface area (Å²) in [6.07, 6.45) is 3.81. The molecule has 3 rings (SSSR count). The van der Waals surface area contributed by atoms with Crippen molar-refractivity contribution < 1.29 is 8.42 Å². The summed E-state index contributed by atoms with van der Waals surface area (Å²) >= 11 is 1.30. The largest absolute Gasteiger partial charge is 0.325 e. The molecule has 0 fully saturated rings. The number of rotatable bonds is 10. The van der Waals surface area contributed by atoms with Crippen LogP contribution >= 0.6 is 48.6 Å². The fraction of sp³-hybridized carbons (Fsp3) is 0.350. The SMILES string of the molecule is CN(CCCc1ccc(CN)nc1)CCNS(=O)(=O)c1cc2ccccc2s1.Cl.Cl.Cl. The van der Waals surface area contributed by atoms with E-state index in [1.54, 1.807) is 6.07 Å². The Balaban J connectivity index is 0.00000300. The second kappa shape index (κ2) is 14.2. The molecule has 2 heterocycles. The van der Waals surface area contributed by atoms with Crippen molar-refractivity contribution in [2.24, 2.45) is 5.73 Å². The molecule has 31 heavy (non-hydrogen) atoms. The molecule has 3 N–H and O–H groups in total. The Hall–Kier alpha value is -0.970. The number of hydrogen-bond donors (Lipinski definition) is 2. The van der Waals surface area contributed by atoms with Crippen molar-refractivity contribution in [2.45, 2.75) is 23.6 Å². The van der Waals surface area contributed by atoms with Gasteiger partial charge >= 0.3 is 0 Å². The molecule has 0 saturated heterocycles. The number of benzene rings is 1. The topological polar surface area (TPSA) is 88.3 Å². The molecule has 0 spiro atoms. The average Bonchev–Trinajstić information content (AvgIpc) is 3.14. The van der Waals surface area contributed by atoms with Crippen LogP contribution in [0.3, 0.4) is 0 Å². The molecule has 0 aliphatic rings. The van der Waals surface area contributed by atoms with E-state index >= 15 is 0 Å². The first-order valence-electron chi connectivity index (χ1n) is 9.28. The molecule has 0 radical (unpaired) electrons. The third-order valence-corrected chi connectivity index (χ3v) is 7.60. The van der Waals surface area contributed by atoms with Gasteiger partial charge in [0.2, 0.25) is 10.0 Å². The van der Waals surface area contributed by atoms with E-state index < -0.39 is 10.0 Å². The molecule has 3 aromatic rings. The van der Waals surface area contributed by atoms with E-state index in [1.165, 1.54) is 16.9 Å². The molecule has 0 atom stereocenters. The summed E-state index contributed by atoms with van der Waals surface area (Å²) in [5.41, 5.74) is 7.64. The number of nitrogens with zero attached hydrogens (tertiary/aromatic N) is 2. The molecular weight excluding hydrogens is 499 g/mol. The van der Waals surface area contributed by atoms with Gasteiger partial charge in [-0.15, -0.1) is 48.6 Å². The predicted octanol–water partition coefficient (Wildman–Crippen LogP) is 3.86. The molecule has 0 unspecified atom stereocenters. The Bertz CT molecular complexity index is 982. The number of halogens is 3. The fourth-order valence-electron chi connectivity index (χ4n) is 2.92. The summed E-state index contributed by atoms with van der Waals surface area (Å²) in [6.45, 7) is 2.40. The Morgan fingerprint density at radius 1 is 1.10 bits per heavy atom. The Morgan fingerprint density at radius 2 is 1.84 bits per heavy atom. The molecule has 1 aromatic carbocycles. The number of sulfonamides is 1. The molecule has 174 valence electrons. The van der Waals surface area contributed by atoms with Gasteiger partial charge in [0, 0.05) is 30.5 Å². The molecule has 2 aromatic heterocycles. The van der Waals surface area contributed by atoms with Crippen molar-refractivity contribution in [1.29, 1.82) is 0 Å². The van der Waals surface area contributed by atoms with Crippen LogP contribution < -0.4 is 10.5 Å². The molecule has 0 aliphatic carbocycles. The fourth-order valence-corrected chi connectivity index (χ4v) is 5.38. The first kappa shape index (κ1) is 30.0. The van der Waals surface area contributed by atoms with Gasteiger partial charge in [-0.05, 0) is 55.6 Å². The van der Waals surface area contributed by atoms with Crippen LogP contribution in [0.15, 0.2) is 52.9 Å². The summed E-state index contributed by atoms with van der Waals surface area (Å²) in [4.78, 5) is 6.44. The van der Waals surface area contributed by atoms with Crippen molar-refractivity contribution in [3.05, 3.63) is 59.9 Å². The minimum absolute atomic E-state index is 0. The number of fused-ring (bicyclic) bond motifs is 1. The summed E-state index contributed by atoms with van der Waals surface area (Å²) in [7, 11) is -1.46. The Kier molecular flexibility index (Phi) is 13.8. The number of likely N-dealkylation sites (N-methyl/N-ethyl adjacent to an activating group) is 1. The lowest BCUT2D eigenvalue weighted by molar-refractivity contribution is 0.334. The van der Waals surface area contributed by atoms with Gasteiger partial charge in [-0.1, -0.05) is 24.3 Å². The van der Waals surface area contributed by atoms with Crippen LogP contribution in [0, 0.1) is 0 Å². The van der Waals surface area contributed by atoms with Crippen molar-refractivity contribution in [2.75, 3.05) is 26.7 Å². The molecule has 6 nitrogen and oxygen atoms in total. The van der Waals surface area contributed by atoms with Crippen molar-refractivity contribution >= 4 is 68.7 Å². The van der Waals surface area contributed by atoms with E-state index in [2.05, 4.69) is 20.7 Å². The summed E-state index contributed by atoms with van der Waals surface area (Å²) < 4.78 is 29.1. The maximum Gasteiger partial charge on any atom is 0.250 e. The number of aryl methyl sites for hydroxylation is 1. The van der Waals surface area contributed by atoms with Gasteiger partial charge < -0.3 is 10.6 Å². The second-order valence-electron chi connectivity index (χ2n) is 6.77. The molecule has 0 aliphatic heterocycles. The van der Waals surface area contributed by atoms with Crippen LogP contribution in [0.5, 0.6) is 0 Å². The monoisotopic (exact) mass is 526 g/mol. The lowest BCUT2D eigenvalue weighted by atomic mass is 10.1. The van der Waals surface area contributed by atoms with Gasteiger partial charge in [0.25, 0.3) is 0 Å². The van der Waals surface area contributed by atoms with E-state index in [0.29, 0.717) is 23.8 Å². The minimum atomic E-state index is -3.46. The van der Waals surface area contributed by atoms with Crippen molar-refractivity contribution in [1.82, 2.24) is 14.6 Å².